The maximum Gasteiger partial charge on any atom is 0.164 e. The summed E-state index contributed by atoms with van der Waals surface area (Å²) in [6, 6.07) is 8.25. The van der Waals surface area contributed by atoms with Crippen molar-refractivity contribution in [3.8, 4) is 5.69 Å². The maximum absolute atomic E-state index is 13.4. The quantitative estimate of drug-likeness (QED) is 0.669. The highest BCUT2D eigenvalue weighted by atomic mass is 35.5. The normalized spacial score (nSPS) is 11.1. The van der Waals surface area contributed by atoms with Gasteiger partial charge in [0.25, 0.3) is 0 Å². The van der Waals surface area contributed by atoms with E-state index in [0.717, 1.165) is 11.1 Å². The summed E-state index contributed by atoms with van der Waals surface area (Å²) in [7, 11) is 0. The van der Waals surface area contributed by atoms with Crippen LogP contribution in [0, 0.1) is 12.7 Å². The van der Waals surface area contributed by atoms with Gasteiger partial charge >= 0.3 is 0 Å². The lowest BCUT2D eigenvalue weighted by atomic mass is 10.3. The smallest absolute Gasteiger partial charge is 0.164 e. The van der Waals surface area contributed by atoms with Gasteiger partial charge in [-0.15, -0.1) is 11.6 Å². The predicted octanol–water partition coefficient (Wildman–Crippen LogP) is 3.61. The number of hydrogen-bond acceptors (Lipinski definition) is 2. The number of benzene rings is 1. The fraction of sp³-hybridized carbons (Fsp3) is 0.143. The fourth-order valence-electron chi connectivity index (χ4n) is 2.09. The lowest BCUT2D eigenvalue weighted by Gasteiger charge is -2.06. The minimum atomic E-state index is -0.299. The Bertz CT molecular complexity index is 752. The second kappa shape index (κ2) is 4.63. The second-order valence-corrected chi connectivity index (χ2v) is 4.60. The van der Waals surface area contributed by atoms with Gasteiger partial charge in [0.15, 0.2) is 5.65 Å². The van der Waals surface area contributed by atoms with Crippen molar-refractivity contribution in [3.05, 3.63) is 53.7 Å². The van der Waals surface area contributed by atoms with E-state index in [1.54, 1.807) is 16.8 Å². The van der Waals surface area contributed by atoms with Crippen molar-refractivity contribution in [2.24, 2.45) is 0 Å². The molecule has 0 radical (unpaired) electrons. The SMILES string of the molecule is Cc1cnc2c(c1)nc(CCl)n2-c1cccc(F)c1. The van der Waals surface area contributed by atoms with E-state index in [9.17, 15) is 4.39 Å². The molecule has 0 saturated carbocycles. The molecule has 3 rings (SSSR count). The van der Waals surface area contributed by atoms with Crippen molar-refractivity contribution in [1.29, 1.82) is 0 Å². The molecule has 0 bridgehead atoms. The molecule has 2 aromatic heterocycles. The van der Waals surface area contributed by atoms with Crippen molar-refractivity contribution < 1.29 is 4.39 Å². The number of nitrogens with zero attached hydrogens (tertiary/aromatic N) is 3. The number of alkyl halides is 1. The van der Waals surface area contributed by atoms with Crippen LogP contribution < -0.4 is 0 Å². The molecule has 0 fully saturated rings. The molecule has 0 aliphatic heterocycles. The Balaban J connectivity index is 2.32. The zero-order valence-electron chi connectivity index (χ0n) is 10.3. The molecule has 2 heterocycles. The molecule has 0 aliphatic rings. The van der Waals surface area contributed by atoms with Crippen LogP contribution in [0.4, 0.5) is 4.39 Å². The van der Waals surface area contributed by atoms with E-state index in [1.807, 2.05) is 19.1 Å². The van der Waals surface area contributed by atoms with Gasteiger partial charge in [-0.1, -0.05) is 6.07 Å². The molecule has 5 heteroatoms. The Labute approximate surface area is 114 Å². The van der Waals surface area contributed by atoms with Crippen LogP contribution in [-0.2, 0) is 5.88 Å². The average molecular weight is 276 g/mol. The topological polar surface area (TPSA) is 30.7 Å². The van der Waals surface area contributed by atoms with Gasteiger partial charge in [0.1, 0.15) is 17.2 Å². The third-order valence-electron chi connectivity index (χ3n) is 2.89. The predicted molar refractivity (Wildman–Crippen MR) is 73.1 cm³/mol. The van der Waals surface area contributed by atoms with Gasteiger partial charge in [-0.05, 0) is 36.8 Å². The van der Waals surface area contributed by atoms with Crippen LogP contribution >= 0.6 is 11.6 Å². The van der Waals surface area contributed by atoms with Crippen LogP contribution in [0.1, 0.15) is 11.4 Å². The van der Waals surface area contributed by atoms with E-state index in [4.69, 9.17) is 11.6 Å². The van der Waals surface area contributed by atoms with Crippen molar-refractivity contribution in [3.63, 3.8) is 0 Å². The molecule has 19 heavy (non-hydrogen) atoms. The zero-order valence-corrected chi connectivity index (χ0v) is 11.0. The average Bonchev–Trinajstić information content (AvgIpc) is 2.76. The summed E-state index contributed by atoms with van der Waals surface area (Å²) in [5, 5.41) is 0. The first-order valence-electron chi connectivity index (χ1n) is 5.85. The minimum Gasteiger partial charge on any atom is -0.280 e. The third-order valence-corrected chi connectivity index (χ3v) is 3.13. The lowest BCUT2D eigenvalue weighted by Crippen LogP contribution is -2.00. The highest BCUT2D eigenvalue weighted by Crippen LogP contribution is 2.22. The van der Waals surface area contributed by atoms with Gasteiger partial charge in [0.05, 0.1) is 11.6 Å². The maximum atomic E-state index is 13.4. The Kier molecular flexibility index (Phi) is 2.95. The first-order chi connectivity index (χ1) is 9.19. The van der Waals surface area contributed by atoms with Crippen LogP contribution in [0.25, 0.3) is 16.9 Å². The van der Waals surface area contributed by atoms with Gasteiger partial charge in [-0.25, -0.2) is 14.4 Å². The molecule has 0 saturated heterocycles. The molecule has 0 aliphatic carbocycles. The number of rotatable bonds is 2. The first-order valence-corrected chi connectivity index (χ1v) is 6.38. The first kappa shape index (κ1) is 12.1. The van der Waals surface area contributed by atoms with E-state index in [-0.39, 0.29) is 11.7 Å². The van der Waals surface area contributed by atoms with E-state index in [2.05, 4.69) is 9.97 Å². The summed E-state index contributed by atoms with van der Waals surface area (Å²) in [6.45, 7) is 1.95. The Morgan fingerprint density at radius 3 is 2.89 bits per heavy atom. The number of imidazole rings is 1. The standard InChI is InChI=1S/C14H11ClFN3/c1-9-5-12-14(17-8-9)19(13(7-15)18-12)11-4-2-3-10(16)6-11/h2-6,8H,7H2,1H3. The summed E-state index contributed by atoms with van der Waals surface area (Å²) in [6.07, 6.45) is 1.76. The molecule has 3 nitrogen and oxygen atoms in total. The van der Waals surface area contributed by atoms with Gasteiger partial charge in [0, 0.05) is 6.20 Å². The molecule has 0 spiro atoms. The van der Waals surface area contributed by atoms with Crippen molar-refractivity contribution >= 4 is 22.8 Å². The molecule has 3 aromatic rings. The van der Waals surface area contributed by atoms with Crippen LogP contribution in [-0.4, -0.2) is 14.5 Å². The van der Waals surface area contributed by atoms with Crippen LogP contribution in [0.15, 0.2) is 36.5 Å². The number of fused-ring (bicyclic) bond motifs is 1. The van der Waals surface area contributed by atoms with Crippen LogP contribution in [0.5, 0.6) is 0 Å². The number of halogens is 2. The summed E-state index contributed by atoms with van der Waals surface area (Å²) in [5.41, 5.74) is 3.15. The van der Waals surface area contributed by atoms with E-state index >= 15 is 0 Å². The second-order valence-electron chi connectivity index (χ2n) is 4.33. The van der Waals surface area contributed by atoms with Gasteiger partial charge < -0.3 is 0 Å². The molecule has 1 aromatic carbocycles. The Hall–Kier alpha value is -1.94. The van der Waals surface area contributed by atoms with E-state index in [1.165, 1.54) is 12.1 Å². The van der Waals surface area contributed by atoms with Gasteiger partial charge in [0.2, 0.25) is 0 Å². The van der Waals surface area contributed by atoms with E-state index in [0.29, 0.717) is 17.2 Å². The Morgan fingerprint density at radius 1 is 1.32 bits per heavy atom. The molecule has 0 unspecified atom stereocenters. The van der Waals surface area contributed by atoms with Gasteiger partial charge in [-0.3, -0.25) is 4.57 Å². The molecular weight excluding hydrogens is 265 g/mol. The lowest BCUT2D eigenvalue weighted by molar-refractivity contribution is 0.626. The summed E-state index contributed by atoms with van der Waals surface area (Å²) >= 11 is 5.93. The third kappa shape index (κ3) is 2.08. The minimum absolute atomic E-state index is 0.242. The summed E-state index contributed by atoms with van der Waals surface area (Å²) in [4.78, 5) is 8.82. The number of hydrogen-bond donors (Lipinski definition) is 0. The van der Waals surface area contributed by atoms with Crippen molar-refractivity contribution in [2.75, 3.05) is 0 Å². The molecular formula is C14H11ClFN3. The largest absolute Gasteiger partial charge is 0.280 e. The molecule has 0 amide bonds. The van der Waals surface area contributed by atoms with Crippen molar-refractivity contribution in [1.82, 2.24) is 14.5 Å². The molecule has 0 atom stereocenters. The van der Waals surface area contributed by atoms with Gasteiger partial charge in [-0.2, -0.15) is 0 Å². The molecule has 96 valence electrons. The summed E-state index contributed by atoms with van der Waals surface area (Å²) < 4.78 is 15.2. The van der Waals surface area contributed by atoms with Crippen LogP contribution in [0.2, 0.25) is 0 Å². The number of aromatic nitrogens is 3. The fourth-order valence-corrected chi connectivity index (χ4v) is 2.27. The summed E-state index contributed by atoms with van der Waals surface area (Å²) in [5.74, 6) is 0.596. The molecule has 0 N–H and O–H groups in total. The number of pyridine rings is 1. The number of aryl methyl sites for hydroxylation is 1. The monoisotopic (exact) mass is 275 g/mol. The van der Waals surface area contributed by atoms with E-state index < -0.39 is 0 Å². The zero-order chi connectivity index (χ0) is 13.4. The van der Waals surface area contributed by atoms with Crippen molar-refractivity contribution in [2.45, 2.75) is 12.8 Å². The highest BCUT2D eigenvalue weighted by molar-refractivity contribution is 6.16. The highest BCUT2D eigenvalue weighted by Gasteiger charge is 2.13. The van der Waals surface area contributed by atoms with Crippen LogP contribution in [0.3, 0.4) is 0 Å². The Morgan fingerprint density at radius 2 is 2.16 bits per heavy atom.